The number of aldehydes is 1. The highest BCUT2D eigenvalue weighted by Crippen LogP contribution is 2.09. The number of hydrogen-bond donors (Lipinski definition) is 0. The van der Waals surface area contributed by atoms with Crippen molar-refractivity contribution in [3.63, 3.8) is 0 Å². The third-order valence-corrected chi connectivity index (χ3v) is 5.54. The van der Waals surface area contributed by atoms with E-state index in [2.05, 4.69) is 43.1 Å². The fourth-order valence-electron chi connectivity index (χ4n) is 1.63. The maximum Gasteiger partial charge on any atom is 0.145 e. The third-order valence-electron chi connectivity index (χ3n) is 2.62. The molecule has 0 saturated carbocycles. The van der Waals surface area contributed by atoms with Crippen molar-refractivity contribution in [3.05, 3.63) is 41.6 Å². The maximum atomic E-state index is 10.8. The Morgan fingerprint density at radius 1 is 1.27 bits per heavy atom. The number of rotatable bonds is 4. The lowest BCUT2D eigenvalue weighted by Crippen LogP contribution is -2.39. The fraction of sp³-hybridized carbons (Fsp3) is 0.308. The molecule has 2 heteroatoms. The summed E-state index contributed by atoms with van der Waals surface area (Å²) in [7, 11) is -1.58. The summed E-state index contributed by atoms with van der Waals surface area (Å²) < 4.78 is 0. The molecule has 1 nitrogen and oxygen atoms in total. The van der Waals surface area contributed by atoms with Gasteiger partial charge in [-0.1, -0.05) is 61.2 Å². The highest BCUT2D eigenvalue weighted by molar-refractivity contribution is 6.94. The molecule has 0 aliphatic heterocycles. The van der Waals surface area contributed by atoms with E-state index in [-0.39, 0.29) is 0 Å². The Morgan fingerprint density at radius 2 is 1.87 bits per heavy atom. The number of carbonyl (C=O) groups excluding carboxylic acids is 1. The Hall–Kier alpha value is -1.15. The standard InChI is InChI=1S/C13H18OSi/c1-4-12(10-14)11-15(2,3)13-8-6-5-7-9-13/h5-11H,4H2,1-3H3/b12-11+. The summed E-state index contributed by atoms with van der Waals surface area (Å²) in [5.74, 6) is 0. The van der Waals surface area contributed by atoms with Crippen molar-refractivity contribution in [1.82, 2.24) is 0 Å². The zero-order valence-electron chi connectivity index (χ0n) is 9.66. The van der Waals surface area contributed by atoms with Crippen molar-refractivity contribution < 1.29 is 4.79 Å². The Kier molecular flexibility index (Phi) is 4.03. The van der Waals surface area contributed by atoms with E-state index in [1.807, 2.05) is 13.0 Å². The number of carbonyl (C=O) groups is 1. The molecule has 0 atom stereocenters. The highest BCUT2D eigenvalue weighted by Gasteiger charge is 2.20. The van der Waals surface area contributed by atoms with Gasteiger partial charge in [-0.05, 0) is 12.0 Å². The molecule has 0 aliphatic carbocycles. The van der Waals surface area contributed by atoms with Gasteiger partial charge in [-0.15, -0.1) is 0 Å². The van der Waals surface area contributed by atoms with Crippen LogP contribution in [-0.4, -0.2) is 14.4 Å². The van der Waals surface area contributed by atoms with E-state index < -0.39 is 8.07 Å². The first kappa shape index (κ1) is 11.9. The molecule has 0 saturated heterocycles. The van der Waals surface area contributed by atoms with Crippen LogP contribution >= 0.6 is 0 Å². The average Bonchev–Trinajstić information content (AvgIpc) is 2.27. The van der Waals surface area contributed by atoms with E-state index in [1.165, 1.54) is 5.19 Å². The summed E-state index contributed by atoms with van der Waals surface area (Å²) in [6.07, 6.45) is 1.81. The molecule has 0 fully saturated rings. The molecule has 0 unspecified atom stereocenters. The highest BCUT2D eigenvalue weighted by atomic mass is 28.3. The zero-order valence-corrected chi connectivity index (χ0v) is 10.7. The summed E-state index contributed by atoms with van der Waals surface area (Å²) >= 11 is 0. The minimum Gasteiger partial charge on any atom is -0.298 e. The van der Waals surface area contributed by atoms with Crippen molar-refractivity contribution in [2.45, 2.75) is 26.4 Å². The first-order valence-electron chi connectivity index (χ1n) is 5.32. The predicted octanol–water partition coefficient (Wildman–Crippen LogP) is 2.68. The minimum absolute atomic E-state index is 0.826. The van der Waals surface area contributed by atoms with Crippen LogP contribution in [0.5, 0.6) is 0 Å². The smallest absolute Gasteiger partial charge is 0.145 e. The molecule has 1 rings (SSSR count). The Balaban J connectivity index is 3.02. The van der Waals surface area contributed by atoms with Gasteiger partial charge in [0.15, 0.2) is 0 Å². The maximum absolute atomic E-state index is 10.8. The van der Waals surface area contributed by atoms with Crippen molar-refractivity contribution in [3.8, 4) is 0 Å². The van der Waals surface area contributed by atoms with Crippen LogP contribution in [0.15, 0.2) is 41.6 Å². The van der Waals surface area contributed by atoms with Crippen molar-refractivity contribution in [2.24, 2.45) is 0 Å². The Labute approximate surface area is 92.8 Å². The van der Waals surface area contributed by atoms with Crippen LogP contribution in [0.4, 0.5) is 0 Å². The van der Waals surface area contributed by atoms with Crippen molar-refractivity contribution in [1.29, 1.82) is 0 Å². The van der Waals surface area contributed by atoms with Gasteiger partial charge in [-0.3, -0.25) is 4.79 Å². The molecule has 0 bridgehead atoms. The second-order valence-corrected chi connectivity index (χ2v) is 8.59. The number of allylic oxidation sites excluding steroid dienone is 1. The van der Waals surface area contributed by atoms with Crippen molar-refractivity contribution >= 4 is 19.5 Å². The summed E-state index contributed by atoms with van der Waals surface area (Å²) in [6.45, 7) is 6.55. The van der Waals surface area contributed by atoms with E-state index in [1.54, 1.807) is 0 Å². The van der Waals surface area contributed by atoms with E-state index in [9.17, 15) is 4.79 Å². The summed E-state index contributed by atoms with van der Waals surface area (Å²) in [6, 6.07) is 10.5. The van der Waals surface area contributed by atoms with Gasteiger partial charge >= 0.3 is 0 Å². The SMILES string of the molecule is CC/C(C=O)=C\[Si](C)(C)c1ccccc1. The molecule has 0 N–H and O–H groups in total. The summed E-state index contributed by atoms with van der Waals surface area (Å²) in [5.41, 5.74) is 3.12. The molecule has 80 valence electrons. The van der Waals surface area contributed by atoms with Gasteiger partial charge in [0.05, 0.1) is 0 Å². The van der Waals surface area contributed by atoms with Crippen LogP contribution in [0.2, 0.25) is 13.1 Å². The lowest BCUT2D eigenvalue weighted by Gasteiger charge is -2.19. The molecular weight excluding hydrogens is 200 g/mol. The monoisotopic (exact) mass is 218 g/mol. The van der Waals surface area contributed by atoms with Gasteiger partial charge in [0.25, 0.3) is 0 Å². The van der Waals surface area contributed by atoms with E-state index in [4.69, 9.17) is 0 Å². The van der Waals surface area contributed by atoms with Gasteiger partial charge in [0, 0.05) is 0 Å². The molecule has 15 heavy (non-hydrogen) atoms. The zero-order chi connectivity index (χ0) is 11.3. The number of hydrogen-bond acceptors (Lipinski definition) is 1. The van der Waals surface area contributed by atoms with Gasteiger partial charge in [0.2, 0.25) is 0 Å². The summed E-state index contributed by atoms with van der Waals surface area (Å²) in [5, 5.41) is 1.37. The van der Waals surface area contributed by atoms with E-state index in [0.29, 0.717) is 0 Å². The molecule has 1 aromatic carbocycles. The average molecular weight is 218 g/mol. The van der Waals surface area contributed by atoms with Crippen LogP contribution in [0.1, 0.15) is 13.3 Å². The molecule has 0 aliphatic rings. The van der Waals surface area contributed by atoms with Crippen LogP contribution in [0.3, 0.4) is 0 Å². The molecular formula is C13H18OSi. The quantitative estimate of drug-likeness (QED) is 0.431. The molecule has 0 heterocycles. The molecule has 0 radical (unpaired) electrons. The lowest BCUT2D eigenvalue weighted by molar-refractivity contribution is -0.105. The summed E-state index contributed by atoms with van der Waals surface area (Å²) in [4.78, 5) is 10.8. The van der Waals surface area contributed by atoms with E-state index >= 15 is 0 Å². The molecule has 0 spiro atoms. The largest absolute Gasteiger partial charge is 0.298 e. The van der Waals surface area contributed by atoms with Crippen molar-refractivity contribution in [2.75, 3.05) is 0 Å². The van der Waals surface area contributed by atoms with Gasteiger partial charge < -0.3 is 0 Å². The normalized spacial score (nSPS) is 12.6. The van der Waals surface area contributed by atoms with Crippen LogP contribution in [-0.2, 0) is 4.79 Å². The van der Waals surface area contributed by atoms with Gasteiger partial charge in [-0.25, -0.2) is 0 Å². The first-order chi connectivity index (χ1) is 7.10. The second-order valence-electron chi connectivity index (χ2n) is 4.28. The Bertz CT molecular complexity index is 352. The lowest BCUT2D eigenvalue weighted by atomic mass is 10.3. The molecule has 0 aromatic heterocycles. The first-order valence-corrected chi connectivity index (χ1v) is 8.40. The Morgan fingerprint density at radius 3 is 2.33 bits per heavy atom. The van der Waals surface area contributed by atoms with Gasteiger partial charge in [-0.2, -0.15) is 0 Å². The molecule has 0 amide bonds. The van der Waals surface area contributed by atoms with Gasteiger partial charge in [0.1, 0.15) is 14.4 Å². The second kappa shape index (κ2) is 5.08. The van der Waals surface area contributed by atoms with Crippen LogP contribution in [0, 0.1) is 0 Å². The number of benzene rings is 1. The van der Waals surface area contributed by atoms with Crippen LogP contribution < -0.4 is 5.19 Å². The fourth-order valence-corrected chi connectivity index (χ4v) is 4.05. The third kappa shape index (κ3) is 3.17. The minimum atomic E-state index is -1.58. The van der Waals surface area contributed by atoms with E-state index in [0.717, 1.165) is 18.3 Å². The predicted molar refractivity (Wildman–Crippen MR) is 68.0 cm³/mol. The molecule has 1 aromatic rings. The van der Waals surface area contributed by atoms with Crippen LogP contribution in [0.25, 0.3) is 0 Å². The topological polar surface area (TPSA) is 17.1 Å².